The number of hydrogen-bond acceptors (Lipinski definition) is 4. The summed E-state index contributed by atoms with van der Waals surface area (Å²) in [5, 5.41) is 11.0. The van der Waals surface area contributed by atoms with Crippen molar-refractivity contribution in [3.05, 3.63) is 11.3 Å². The average Bonchev–Trinajstić information content (AvgIpc) is 2.50. The number of rotatable bonds is 1. The number of Topliss-reactive ketones (excluding diaryl/α,β-unsaturated/α-hetero) is 2. The van der Waals surface area contributed by atoms with Crippen LogP contribution in [0, 0.1) is 28.6 Å². The van der Waals surface area contributed by atoms with Crippen molar-refractivity contribution in [1.82, 2.24) is 0 Å². The van der Waals surface area contributed by atoms with E-state index >= 15 is 0 Å². The molecule has 0 bridgehead atoms. The molecule has 0 saturated heterocycles. The van der Waals surface area contributed by atoms with Crippen molar-refractivity contribution < 1.29 is 19.4 Å². The Morgan fingerprint density at radius 1 is 0.926 bits per heavy atom. The van der Waals surface area contributed by atoms with Crippen molar-refractivity contribution in [1.29, 1.82) is 0 Å². The van der Waals surface area contributed by atoms with Gasteiger partial charge in [-0.3, -0.25) is 9.59 Å². The number of allylic oxidation sites excluding steroid dienone is 2. The minimum absolute atomic E-state index is 0.0964. The molecule has 0 amide bonds. The second kappa shape index (κ2) is 6.43. The van der Waals surface area contributed by atoms with E-state index in [-0.39, 0.29) is 40.3 Å². The molecule has 5 unspecified atom stereocenters. The van der Waals surface area contributed by atoms with E-state index in [0.717, 1.165) is 43.4 Å². The zero-order valence-corrected chi connectivity index (χ0v) is 17.2. The third-order valence-electron chi connectivity index (χ3n) is 7.31. The highest BCUT2D eigenvalue weighted by Crippen LogP contribution is 2.53. The maximum Gasteiger partial charge on any atom is 0.163 e. The quantitative estimate of drug-likeness (QED) is 0.747. The summed E-state index contributed by atoms with van der Waals surface area (Å²) in [4.78, 5) is 26.3. The summed E-state index contributed by atoms with van der Waals surface area (Å²) in [5.74, 6) is 0.699. The molecule has 0 aromatic carbocycles. The Labute approximate surface area is 162 Å². The zero-order valence-electron chi connectivity index (χ0n) is 17.2. The summed E-state index contributed by atoms with van der Waals surface area (Å²) < 4.78 is 6.40. The third-order valence-corrected chi connectivity index (χ3v) is 7.31. The summed E-state index contributed by atoms with van der Waals surface area (Å²) in [6, 6.07) is 0. The van der Waals surface area contributed by atoms with Crippen LogP contribution in [0.25, 0.3) is 0 Å². The van der Waals surface area contributed by atoms with Gasteiger partial charge >= 0.3 is 0 Å². The molecule has 4 rings (SSSR count). The SMILES string of the molecule is CC1(C)CC(=O)C2=C(C1)OC1CCCCC1C2C1C(=O)CC(C)(C)CC1O. The van der Waals surface area contributed by atoms with Crippen molar-refractivity contribution in [2.24, 2.45) is 28.6 Å². The summed E-state index contributed by atoms with van der Waals surface area (Å²) >= 11 is 0. The van der Waals surface area contributed by atoms with E-state index in [2.05, 4.69) is 27.7 Å². The molecule has 3 aliphatic carbocycles. The van der Waals surface area contributed by atoms with E-state index in [1.807, 2.05) is 0 Å². The standard InChI is InChI=1S/C23H34O4/c1-22(2)9-14(24)20(15(25)10-22)19-13-7-5-6-8-17(13)27-18-12-23(3,4)11-16(26)21(18)19/h13-14,17,19-20,24H,5-12H2,1-4H3. The number of ketones is 2. The summed E-state index contributed by atoms with van der Waals surface area (Å²) in [5.41, 5.74) is 0.494. The number of aliphatic hydroxyl groups excluding tert-OH is 1. The van der Waals surface area contributed by atoms with Crippen LogP contribution in [-0.2, 0) is 14.3 Å². The van der Waals surface area contributed by atoms with E-state index in [4.69, 9.17) is 4.74 Å². The fourth-order valence-electron chi connectivity index (χ4n) is 6.29. The monoisotopic (exact) mass is 374 g/mol. The molecule has 0 radical (unpaired) electrons. The lowest BCUT2D eigenvalue weighted by molar-refractivity contribution is -0.143. The van der Waals surface area contributed by atoms with Crippen LogP contribution in [0.15, 0.2) is 11.3 Å². The first-order valence-electron chi connectivity index (χ1n) is 10.7. The highest BCUT2D eigenvalue weighted by atomic mass is 16.5. The topological polar surface area (TPSA) is 63.6 Å². The number of fused-ring (bicyclic) bond motifs is 1. The fraction of sp³-hybridized carbons (Fsp3) is 0.826. The van der Waals surface area contributed by atoms with Crippen LogP contribution in [0.5, 0.6) is 0 Å². The molecule has 5 atom stereocenters. The van der Waals surface area contributed by atoms with Crippen LogP contribution in [0.2, 0.25) is 0 Å². The molecule has 4 nitrogen and oxygen atoms in total. The molecular formula is C23H34O4. The molecule has 0 aromatic heterocycles. The van der Waals surface area contributed by atoms with Gasteiger partial charge in [-0.1, -0.05) is 34.1 Å². The number of ether oxygens (including phenoxy) is 1. The first-order chi connectivity index (χ1) is 12.6. The van der Waals surface area contributed by atoms with E-state index in [9.17, 15) is 14.7 Å². The van der Waals surface area contributed by atoms with Crippen LogP contribution >= 0.6 is 0 Å². The molecule has 0 aromatic rings. The van der Waals surface area contributed by atoms with Crippen molar-refractivity contribution in [3.8, 4) is 0 Å². The first-order valence-corrected chi connectivity index (χ1v) is 10.7. The molecule has 2 saturated carbocycles. The summed E-state index contributed by atoms with van der Waals surface area (Å²) in [7, 11) is 0. The van der Waals surface area contributed by atoms with E-state index in [1.54, 1.807) is 0 Å². The van der Waals surface area contributed by atoms with Crippen LogP contribution in [0.3, 0.4) is 0 Å². The number of aliphatic hydroxyl groups is 1. The summed E-state index contributed by atoms with van der Waals surface area (Å²) in [6.45, 7) is 8.33. The van der Waals surface area contributed by atoms with Crippen molar-refractivity contribution in [2.45, 2.75) is 91.3 Å². The highest BCUT2D eigenvalue weighted by Gasteiger charge is 2.54. The smallest absolute Gasteiger partial charge is 0.163 e. The fourth-order valence-corrected chi connectivity index (χ4v) is 6.29. The lowest BCUT2D eigenvalue weighted by atomic mass is 9.57. The van der Waals surface area contributed by atoms with Gasteiger partial charge in [-0.2, -0.15) is 0 Å². The van der Waals surface area contributed by atoms with Gasteiger partial charge in [0.1, 0.15) is 17.6 Å². The Balaban J connectivity index is 1.77. The Morgan fingerprint density at radius 2 is 1.63 bits per heavy atom. The molecule has 1 aliphatic heterocycles. The second-order valence-electron chi connectivity index (χ2n) is 11.0. The van der Waals surface area contributed by atoms with Crippen molar-refractivity contribution in [2.75, 3.05) is 0 Å². The van der Waals surface area contributed by atoms with Gasteiger partial charge in [0, 0.05) is 36.7 Å². The Morgan fingerprint density at radius 3 is 2.33 bits per heavy atom. The molecule has 2 fully saturated rings. The van der Waals surface area contributed by atoms with E-state index < -0.39 is 12.0 Å². The van der Waals surface area contributed by atoms with Crippen LogP contribution in [-0.4, -0.2) is 28.9 Å². The van der Waals surface area contributed by atoms with Crippen LogP contribution < -0.4 is 0 Å². The average molecular weight is 375 g/mol. The van der Waals surface area contributed by atoms with Crippen molar-refractivity contribution in [3.63, 3.8) is 0 Å². The minimum Gasteiger partial charge on any atom is -0.494 e. The Hall–Kier alpha value is -1.16. The lowest BCUT2D eigenvalue weighted by Crippen LogP contribution is -2.53. The first kappa shape index (κ1) is 19.2. The van der Waals surface area contributed by atoms with Crippen LogP contribution in [0.4, 0.5) is 0 Å². The van der Waals surface area contributed by atoms with Crippen LogP contribution in [0.1, 0.15) is 79.1 Å². The lowest BCUT2D eigenvalue weighted by Gasteiger charge is -2.51. The maximum atomic E-state index is 13.2. The molecule has 150 valence electrons. The molecule has 4 aliphatic rings. The van der Waals surface area contributed by atoms with E-state index in [0.29, 0.717) is 19.3 Å². The molecule has 4 heteroatoms. The number of hydrogen-bond donors (Lipinski definition) is 1. The number of carbonyl (C=O) groups is 2. The second-order valence-corrected chi connectivity index (χ2v) is 11.0. The van der Waals surface area contributed by atoms with Gasteiger partial charge in [0.05, 0.1) is 12.0 Å². The van der Waals surface area contributed by atoms with Gasteiger partial charge in [-0.05, 0) is 36.5 Å². The maximum absolute atomic E-state index is 13.2. The van der Waals surface area contributed by atoms with Crippen molar-refractivity contribution >= 4 is 11.6 Å². The van der Waals surface area contributed by atoms with Gasteiger partial charge in [0.15, 0.2) is 5.78 Å². The normalized spacial score (nSPS) is 40.9. The van der Waals surface area contributed by atoms with E-state index in [1.165, 1.54) is 0 Å². The highest BCUT2D eigenvalue weighted by molar-refractivity contribution is 5.99. The van der Waals surface area contributed by atoms with Gasteiger partial charge < -0.3 is 9.84 Å². The van der Waals surface area contributed by atoms with Gasteiger partial charge in [-0.25, -0.2) is 0 Å². The minimum atomic E-state index is -0.664. The molecule has 27 heavy (non-hydrogen) atoms. The summed E-state index contributed by atoms with van der Waals surface area (Å²) in [6.07, 6.45) is 6.06. The molecule has 1 N–H and O–H groups in total. The predicted molar refractivity (Wildman–Crippen MR) is 103 cm³/mol. The molecule has 0 spiro atoms. The molecule has 1 heterocycles. The van der Waals surface area contributed by atoms with Gasteiger partial charge in [0.25, 0.3) is 0 Å². The zero-order chi connectivity index (χ0) is 19.6. The predicted octanol–water partition coefficient (Wildman–Crippen LogP) is 4.20. The third kappa shape index (κ3) is 3.39. The Kier molecular flexibility index (Phi) is 4.57. The largest absolute Gasteiger partial charge is 0.494 e. The number of carbonyl (C=O) groups excluding carboxylic acids is 2. The van der Waals surface area contributed by atoms with Gasteiger partial charge in [-0.15, -0.1) is 0 Å². The van der Waals surface area contributed by atoms with Gasteiger partial charge in [0.2, 0.25) is 0 Å². The molecular weight excluding hydrogens is 340 g/mol. The Bertz CT molecular complexity index is 686.